The summed E-state index contributed by atoms with van der Waals surface area (Å²) in [5.74, 6) is 7.63. The normalized spacial score (nSPS) is 10.9. The summed E-state index contributed by atoms with van der Waals surface area (Å²) < 4.78 is 7.25. The van der Waals surface area contributed by atoms with Gasteiger partial charge in [0.25, 0.3) is 0 Å². The van der Waals surface area contributed by atoms with E-state index in [1.165, 1.54) is 21.8 Å². The van der Waals surface area contributed by atoms with Crippen molar-refractivity contribution in [2.24, 2.45) is 0 Å². The number of thioether (sulfide) groups is 1. The van der Waals surface area contributed by atoms with E-state index in [2.05, 4.69) is 39.8 Å². The molecule has 3 N–H and O–H groups in total. The van der Waals surface area contributed by atoms with E-state index in [-0.39, 0.29) is 11.7 Å². The summed E-state index contributed by atoms with van der Waals surface area (Å²) in [4.78, 5) is 12.5. The summed E-state index contributed by atoms with van der Waals surface area (Å²) in [6, 6.07) is 31.6. The molecule has 0 spiro atoms. The van der Waals surface area contributed by atoms with Gasteiger partial charge in [-0.05, 0) is 46.2 Å². The molecule has 0 unspecified atom stereocenters. The van der Waals surface area contributed by atoms with Gasteiger partial charge in [0.05, 0.1) is 5.75 Å². The number of hydrogen-bond donors (Lipinski definition) is 2. The van der Waals surface area contributed by atoms with Crippen LogP contribution in [0.5, 0.6) is 5.75 Å². The predicted octanol–water partition coefficient (Wildman–Crippen LogP) is 5.05. The second-order valence-electron chi connectivity index (χ2n) is 8.22. The van der Waals surface area contributed by atoms with E-state index < -0.39 is 0 Å². The number of benzene rings is 4. The van der Waals surface area contributed by atoms with Gasteiger partial charge in [0.15, 0.2) is 5.82 Å². The maximum absolute atomic E-state index is 12.5. The van der Waals surface area contributed by atoms with Crippen LogP contribution in [0.1, 0.15) is 17.0 Å². The molecule has 0 aliphatic rings. The number of nitrogens with zero attached hydrogens (tertiary/aromatic N) is 3. The third-order valence-corrected chi connectivity index (χ3v) is 6.63. The van der Waals surface area contributed by atoms with Crippen molar-refractivity contribution in [1.29, 1.82) is 0 Å². The van der Waals surface area contributed by atoms with Crippen molar-refractivity contribution in [3.8, 4) is 5.75 Å². The SMILES string of the molecule is Nn1c(Cc2cccc3ccccc23)nnc1SCC(=O)Nc1ccc(OCc2ccccc2)cc1. The second kappa shape index (κ2) is 11.0. The van der Waals surface area contributed by atoms with E-state index in [1.807, 2.05) is 72.8 Å². The zero-order valence-electron chi connectivity index (χ0n) is 19.5. The van der Waals surface area contributed by atoms with Crippen molar-refractivity contribution in [1.82, 2.24) is 14.9 Å². The van der Waals surface area contributed by atoms with Gasteiger partial charge in [-0.1, -0.05) is 84.6 Å². The predicted molar refractivity (Wildman–Crippen MR) is 143 cm³/mol. The number of nitrogens with two attached hydrogens (primary N) is 1. The van der Waals surface area contributed by atoms with Crippen LogP contribution >= 0.6 is 11.8 Å². The highest BCUT2D eigenvalue weighted by molar-refractivity contribution is 7.99. The zero-order chi connectivity index (χ0) is 24.7. The van der Waals surface area contributed by atoms with E-state index in [4.69, 9.17) is 10.6 Å². The van der Waals surface area contributed by atoms with Crippen molar-refractivity contribution in [2.45, 2.75) is 18.2 Å². The fourth-order valence-electron chi connectivity index (χ4n) is 3.85. The number of amides is 1. The van der Waals surface area contributed by atoms with Gasteiger partial charge in [-0.25, -0.2) is 4.68 Å². The highest BCUT2D eigenvalue weighted by Gasteiger charge is 2.14. The van der Waals surface area contributed by atoms with Gasteiger partial charge in [-0.3, -0.25) is 4.79 Å². The number of hydrogen-bond acceptors (Lipinski definition) is 6. The Morgan fingerprint density at radius 3 is 2.47 bits per heavy atom. The third-order valence-electron chi connectivity index (χ3n) is 5.68. The largest absolute Gasteiger partial charge is 0.489 e. The highest BCUT2D eigenvalue weighted by atomic mass is 32.2. The summed E-state index contributed by atoms with van der Waals surface area (Å²) in [5.41, 5.74) is 2.91. The molecule has 180 valence electrons. The fraction of sp³-hybridized carbons (Fsp3) is 0.107. The number of carbonyl (C=O) groups excluding carboxylic acids is 1. The molecule has 5 rings (SSSR count). The lowest BCUT2D eigenvalue weighted by Crippen LogP contribution is -2.17. The maximum atomic E-state index is 12.5. The van der Waals surface area contributed by atoms with Gasteiger partial charge < -0.3 is 15.9 Å². The molecule has 5 aromatic rings. The molecule has 0 saturated carbocycles. The van der Waals surface area contributed by atoms with Gasteiger partial charge in [0.2, 0.25) is 11.1 Å². The van der Waals surface area contributed by atoms with Gasteiger partial charge >= 0.3 is 0 Å². The van der Waals surface area contributed by atoms with Crippen LogP contribution in [0.4, 0.5) is 5.69 Å². The minimum absolute atomic E-state index is 0.156. The lowest BCUT2D eigenvalue weighted by Gasteiger charge is -2.09. The van der Waals surface area contributed by atoms with E-state index in [0.717, 1.165) is 22.3 Å². The summed E-state index contributed by atoms with van der Waals surface area (Å²) >= 11 is 1.25. The van der Waals surface area contributed by atoms with Crippen molar-refractivity contribution in [2.75, 3.05) is 16.9 Å². The highest BCUT2D eigenvalue weighted by Crippen LogP contribution is 2.23. The van der Waals surface area contributed by atoms with Gasteiger partial charge in [0, 0.05) is 12.1 Å². The molecule has 1 amide bonds. The lowest BCUT2D eigenvalue weighted by molar-refractivity contribution is -0.113. The molecule has 1 heterocycles. The Bertz CT molecular complexity index is 1460. The minimum atomic E-state index is -0.156. The number of carbonyl (C=O) groups is 1. The Kier molecular flexibility index (Phi) is 7.14. The van der Waals surface area contributed by atoms with Gasteiger partial charge in [0.1, 0.15) is 12.4 Å². The van der Waals surface area contributed by atoms with E-state index in [0.29, 0.717) is 29.7 Å². The summed E-state index contributed by atoms with van der Waals surface area (Å²) in [5, 5.41) is 14.1. The first-order valence-corrected chi connectivity index (χ1v) is 12.5. The standard InChI is InChI=1S/C28H25N5O2S/c29-33-26(17-22-11-6-10-21-9-4-5-12-25(21)22)31-32-28(33)36-19-27(34)30-23-13-15-24(16-14-23)35-18-20-7-2-1-3-8-20/h1-16H,17-19,29H2,(H,30,34). The first kappa shape index (κ1) is 23.4. The Hall–Kier alpha value is -4.30. The number of rotatable bonds is 9. The smallest absolute Gasteiger partial charge is 0.234 e. The quantitative estimate of drug-likeness (QED) is 0.220. The zero-order valence-corrected chi connectivity index (χ0v) is 20.3. The molecule has 0 radical (unpaired) electrons. The second-order valence-corrected chi connectivity index (χ2v) is 9.16. The van der Waals surface area contributed by atoms with Crippen LogP contribution in [0.3, 0.4) is 0 Å². The lowest BCUT2D eigenvalue weighted by atomic mass is 10.0. The molecule has 0 atom stereocenters. The monoisotopic (exact) mass is 495 g/mol. The molecule has 8 heteroatoms. The molecule has 0 fully saturated rings. The topological polar surface area (TPSA) is 95.1 Å². The first-order chi connectivity index (χ1) is 17.7. The molecule has 36 heavy (non-hydrogen) atoms. The average Bonchev–Trinajstić information content (AvgIpc) is 3.26. The molecule has 4 aromatic carbocycles. The maximum Gasteiger partial charge on any atom is 0.234 e. The Balaban J connectivity index is 1.14. The van der Waals surface area contributed by atoms with Crippen molar-refractivity contribution < 1.29 is 9.53 Å². The van der Waals surface area contributed by atoms with Crippen molar-refractivity contribution >= 4 is 34.1 Å². The molecule has 7 nitrogen and oxygen atoms in total. The molecule has 0 bridgehead atoms. The number of nitrogens with one attached hydrogen (secondary N) is 1. The van der Waals surface area contributed by atoms with Crippen LogP contribution < -0.4 is 15.9 Å². The van der Waals surface area contributed by atoms with E-state index in [9.17, 15) is 4.79 Å². The number of nitrogen functional groups attached to an aromatic ring is 1. The van der Waals surface area contributed by atoms with Crippen molar-refractivity contribution in [3.63, 3.8) is 0 Å². The van der Waals surface area contributed by atoms with Crippen LogP contribution in [-0.2, 0) is 17.8 Å². The molecule has 0 aliphatic carbocycles. The number of anilines is 1. The van der Waals surface area contributed by atoms with Crippen LogP contribution in [0.2, 0.25) is 0 Å². The average molecular weight is 496 g/mol. The van der Waals surface area contributed by atoms with Gasteiger partial charge in [-0.2, -0.15) is 0 Å². The number of aromatic nitrogens is 3. The molecule has 0 aliphatic heterocycles. The Labute approximate surface area is 213 Å². The summed E-state index contributed by atoms with van der Waals surface area (Å²) in [7, 11) is 0. The van der Waals surface area contributed by atoms with Crippen LogP contribution in [-0.4, -0.2) is 26.5 Å². The molecular weight excluding hydrogens is 470 g/mol. The summed E-state index contributed by atoms with van der Waals surface area (Å²) in [6.45, 7) is 0.492. The number of ether oxygens (including phenoxy) is 1. The molecular formula is C28H25N5O2S. The Morgan fingerprint density at radius 1 is 0.889 bits per heavy atom. The van der Waals surface area contributed by atoms with Crippen LogP contribution in [0.25, 0.3) is 10.8 Å². The molecule has 0 saturated heterocycles. The van der Waals surface area contributed by atoms with Crippen molar-refractivity contribution in [3.05, 3.63) is 114 Å². The first-order valence-electron chi connectivity index (χ1n) is 11.5. The number of fused-ring (bicyclic) bond motifs is 1. The van der Waals surface area contributed by atoms with Gasteiger partial charge in [-0.15, -0.1) is 10.2 Å². The van der Waals surface area contributed by atoms with Crippen LogP contribution in [0.15, 0.2) is 102 Å². The van der Waals surface area contributed by atoms with E-state index in [1.54, 1.807) is 0 Å². The van der Waals surface area contributed by atoms with E-state index >= 15 is 0 Å². The third kappa shape index (κ3) is 5.67. The van der Waals surface area contributed by atoms with Crippen LogP contribution in [0, 0.1) is 0 Å². The fourth-order valence-corrected chi connectivity index (χ4v) is 4.52. The minimum Gasteiger partial charge on any atom is -0.489 e. The summed E-state index contributed by atoms with van der Waals surface area (Å²) in [6.07, 6.45) is 0.552. The molecule has 1 aromatic heterocycles. The Morgan fingerprint density at radius 2 is 1.64 bits per heavy atom.